The van der Waals surface area contributed by atoms with Gasteiger partial charge in [0.1, 0.15) is 12.4 Å². The van der Waals surface area contributed by atoms with E-state index in [0.717, 1.165) is 17.4 Å². The molecule has 1 aromatic heterocycles. The lowest BCUT2D eigenvalue weighted by atomic mass is 9.92. The molecule has 37 heavy (non-hydrogen) atoms. The van der Waals surface area contributed by atoms with Crippen LogP contribution < -0.4 is 15.6 Å². The van der Waals surface area contributed by atoms with Crippen LogP contribution in [-0.4, -0.2) is 42.9 Å². The van der Waals surface area contributed by atoms with Gasteiger partial charge in [0.25, 0.3) is 5.56 Å². The normalized spacial score (nSPS) is 14.8. The fourth-order valence-corrected chi connectivity index (χ4v) is 5.01. The number of nitrogens with zero attached hydrogens (tertiary/aromatic N) is 2. The van der Waals surface area contributed by atoms with Crippen LogP contribution in [0.3, 0.4) is 0 Å². The van der Waals surface area contributed by atoms with Crippen molar-refractivity contribution in [3.63, 3.8) is 0 Å². The second-order valence-electron chi connectivity index (χ2n) is 9.88. The lowest BCUT2D eigenvalue weighted by Crippen LogP contribution is -2.30. The Balaban J connectivity index is 2.12. The first-order chi connectivity index (χ1) is 17.6. The highest BCUT2D eigenvalue weighted by molar-refractivity contribution is 6.37. The lowest BCUT2D eigenvalue weighted by Gasteiger charge is -2.29. The summed E-state index contributed by atoms with van der Waals surface area (Å²) in [5.74, 6) is 0.660. The van der Waals surface area contributed by atoms with Gasteiger partial charge in [-0.25, -0.2) is 0 Å². The fourth-order valence-electron chi connectivity index (χ4n) is 4.69. The minimum Gasteiger partial charge on any atom is -0.490 e. The monoisotopic (exact) mass is 521 g/mol. The van der Waals surface area contributed by atoms with Crippen molar-refractivity contribution < 1.29 is 14.3 Å². The van der Waals surface area contributed by atoms with Crippen LogP contribution in [0.2, 0.25) is 5.02 Å². The quantitative estimate of drug-likeness (QED) is 0.326. The minimum absolute atomic E-state index is 0.237. The number of nitrogens with one attached hydrogen (secondary N) is 1. The van der Waals surface area contributed by atoms with E-state index in [4.69, 9.17) is 21.1 Å². The standard InChI is InChI=1S/C29H32ClN3O4/c1-7-17(15-31-5)18-8-9-19-21(14-18)28(35)33(6)27(23(16-34)37-29(2,3)4)24(19)20-10-11-22-26(25(20)30)32-12-13-36-22/h7-11,14-16,23,32H,12-13H2,1-6H3/b17-7+,31-15?/t23-/m0/s1. The maximum atomic E-state index is 13.7. The molecule has 1 aliphatic rings. The third-order valence-corrected chi connectivity index (χ3v) is 6.65. The summed E-state index contributed by atoms with van der Waals surface area (Å²) in [6.45, 7) is 8.70. The molecule has 0 saturated heterocycles. The van der Waals surface area contributed by atoms with Gasteiger partial charge in [-0.05, 0) is 62.4 Å². The number of benzene rings is 2. The number of ether oxygens (including phenoxy) is 2. The number of hydrogen-bond acceptors (Lipinski definition) is 6. The first-order valence-electron chi connectivity index (χ1n) is 12.2. The van der Waals surface area contributed by atoms with E-state index < -0.39 is 11.7 Å². The summed E-state index contributed by atoms with van der Waals surface area (Å²) < 4.78 is 13.4. The van der Waals surface area contributed by atoms with E-state index >= 15 is 0 Å². The topological polar surface area (TPSA) is 81.9 Å². The van der Waals surface area contributed by atoms with Gasteiger partial charge in [0.05, 0.1) is 22.0 Å². The Bertz CT molecular complexity index is 1480. The highest BCUT2D eigenvalue weighted by atomic mass is 35.5. The highest BCUT2D eigenvalue weighted by Gasteiger charge is 2.29. The molecular weight excluding hydrogens is 490 g/mol. The van der Waals surface area contributed by atoms with Crippen LogP contribution in [0.15, 0.2) is 46.2 Å². The number of pyridine rings is 1. The molecule has 0 bridgehead atoms. The molecule has 1 atom stereocenters. The molecule has 1 N–H and O–H groups in total. The van der Waals surface area contributed by atoms with Gasteiger partial charge in [0, 0.05) is 43.4 Å². The molecule has 7 nitrogen and oxygen atoms in total. The molecule has 0 fully saturated rings. The lowest BCUT2D eigenvalue weighted by molar-refractivity contribution is -0.129. The molecule has 194 valence electrons. The van der Waals surface area contributed by atoms with Crippen LogP contribution >= 0.6 is 11.6 Å². The number of allylic oxidation sites excluding steroid dienone is 2. The van der Waals surface area contributed by atoms with Crippen molar-refractivity contribution >= 4 is 46.1 Å². The second-order valence-corrected chi connectivity index (χ2v) is 10.3. The fraction of sp³-hybridized carbons (Fsp3) is 0.345. The Labute approximate surface area is 221 Å². The average Bonchev–Trinajstić information content (AvgIpc) is 2.88. The molecule has 0 spiro atoms. The number of halogens is 1. The van der Waals surface area contributed by atoms with E-state index in [0.29, 0.717) is 57.2 Å². The predicted octanol–water partition coefficient (Wildman–Crippen LogP) is 5.82. The Morgan fingerprint density at radius 3 is 2.65 bits per heavy atom. The molecular formula is C29H32ClN3O4. The van der Waals surface area contributed by atoms with E-state index in [1.807, 2.05) is 64.1 Å². The number of fused-ring (bicyclic) bond motifs is 2. The Morgan fingerprint density at radius 1 is 1.24 bits per heavy atom. The first kappa shape index (κ1) is 26.6. The van der Waals surface area contributed by atoms with Crippen molar-refractivity contribution in [2.45, 2.75) is 39.4 Å². The van der Waals surface area contributed by atoms with Crippen molar-refractivity contribution in [3.05, 3.63) is 63.0 Å². The Kier molecular flexibility index (Phi) is 7.57. The van der Waals surface area contributed by atoms with Gasteiger partial charge in [-0.1, -0.05) is 29.8 Å². The van der Waals surface area contributed by atoms with E-state index in [9.17, 15) is 9.59 Å². The zero-order chi connectivity index (χ0) is 26.9. The van der Waals surface area contributed by atoms with Crippen molar-refractivity contribution in [1.82, 2.24) is 4.57 Å². The van der Waals surface area contributed by atoms with Crippen LogP contribution in [0, 0.1) is 0 Å². The summed E-state index contributed by atoms with van der Waals surface area (Å²) in [4.78, 5) is 30.3. The maximum Gasteiger partial charge on any atom is 0.258 e. The van der Waals surface area contributed by atoms with Crippen molar-refractivity contribution in [2.24, 2.45) is 12.0 Å². The summed E-state index contributed by atoms with van der Waals surface area (Å²) >= 11 is 6.97. The molecule has 4 rings (SSSR count). The van der Waals surface area contributed by atoms with Crippen LogP contribution in [0.4, 0.5) is 5.69 Å². The predicted molar refractivity (Wildman–Crippen MR) is 151 cm³/mol. The Morgan fingerprint density at radius 2 is 2.00 bits per heavy atom. The molecule has 3 aromatic rings. The summed E-state index contributed by atoms with van der Waals surface area (Å²) in [5.41, 5.74) is 3.35. The van der Waals surface area contributed by atoms with E-state index in [1.54, 1.807) is 20.3 Å². The third-order valence-electron chi connectivity index (χ3n) is 6.26. The molecule has 0 amide bonds. The summed E-state index contributed by atoms with van der Waals surface area (Å²) in [5, 5.41) is 4.94. The smallest absolute Gasteiger partial charge is 0.258 e. The van der Waals surface area contributed by atoms with Crippen molar-refractivity contribution in [2.75, 3.05) is 25.5 Å². The first-order valence-corrected chi connectivity index (χ1v) is 12.6. The van der Waals surface area contributed by atoms with E-state index in [1.165, 1.54) is 4.57 Å². The number of carbonyl (C=O) groups is 1. The van der Waals surface area contributed by atoms with Crippen LogP contribution in [0.5, 0.6) is 5.75 Å². The number of aldehydes is 1. The highest BCUT2D eigenvalue weighted by Crippen LogP contribution is 2.45. The van der Waals surface area contributed by atoms with Crippen LogP contribution in [0.25, 0.3) is 27.5 Å². The number of hydrogen-bond donors (Lipinski definition) is 1. The molecule has 0 saturated carbocycles. The average molecular weight is 522 g/mol. The van der Waals surface area contributed by atoms with Gasteiger partial charge < -0.3 is 24.2 Å². The zero-order valence-electron chi connectivity index (χ0n) is 22.0. The van der Waals surface area contributed by atoms with E-state index in [2.05, 4.69) is 10.3 Å². The van der Waals surface area contributed by atoms with Crippen LogP contribution in [0.1, 0.15) is 45.1 Å². The molecule has 2 heterocycles. The SMILES string of the molecule is C/C=C(\C=NC)c1ccc2c(-c3ccc4c(c3Cl)NCCO4)c([C@H](C=O)OC(C)(C)C)n(C)c(=O)c2c1. The third kappa shape index (κ3) is 5.06. The summed E-state index contributed by atoms with van der Waals surface area (Å²) in [7, 11) is 3.37. The molecule has 1 aliphatic heterocycles. The number of carbonyl (C=O) groups excluding carboxylic acids is 1. The molecule has 0 aliphatic carbocycles. The van der Waals surface area contributed by atoms with Gasteiger partial charge >= 0.3 is 0 Å². The maximum absolute atomic E-state index is 13.7. The van der Waals surface area contributed by atoms with E-state index in [-0.39, 0.29) is 5.56 Å². The summed E-state index contributed by atoms with van der Waals surface area (Å²) in [6, 6.07) is 9.42. The number of anilines is 1. The largest absolute Gasteiger partial charge is 0.490 e. The van der Waals surface area contributed by atoms with Gasteiger partial charge in [-0.15, -0.1) is 0 Å². The van der Waals surface area contributed by atoms with Gasteiger partial charge in [-0.3, -0.25) is 9.79 Å². The van der Waals surface area contributed by atoms with Crippen LogP contribution in [-0.2, 0) is 16.6 Å². The Hall–Kier alpha value is -3.42. The zero-order valence-corrected chi connectivity index (χ0v) is 22.8. The van der Waals surface area contributed by atoms with Gasteiger partial charge in [0.2, 0.25) is 0 Å². The number of aliphatic imine (C=N–C) groups is 1. The minimum atomic E-state index is -0.994. The van der Waals surface area contributed by atoms with Crippen molar-refractivity contribution in [3.8, 4) is 16.9 Å². The number of rotatable bonds is 6. The molecule has 8 heteroatoms. The summed E-state index contributed by atoms with van der Waals surface area (Å²) in [6.07, 6.45) is 3.44. The number of aromatic nitrogens is 1. The van der Waals surface area contributed by atoms with Gasteiger partial charge in [0.15, 0.2) is 12.4 Å². The van der Waals surface area contributed by atoms with Crippen molar-refractivity contribution in [1.29, 1.82) is 0 Å². The molecule has 2 aromatic carbocycles. The molecule has 0 radical (unpaired) electrons. The van der Waals surface area contributed by atoms with Gasteiger partial charge in [-0.2, -0.15) is 0 Å². The molecule has 0 unspecified atom stereocenters. The second kappa shape index (κ2) is 10.5.